The molecule has 0 saturated carbocycles. The van der Waals surface area contributed by atoms with Crippen LogP contribution < -0.4 is 0 Å². The van der Waals surface area contributed by atoms with Gasteiger partial charge >= 0.3 is 0 Å². The molecule has 3 rings (SSSR count). The number of hydrogen-bond acceptors (Lipinski definition) is 0. The van der Waals surface area contributed by atoms with Crippen molar-refractivity contribution in [2.24, 2.45) is 0 Å². The highest BCUT2D eigenvalue weighted by molar-refractivity contribution is 6.25. The standard InChI is InChI=1S/C26H18Si/c27-26(21-18-24-14-8-3-9-15-24)25(19-16-22-10-4-1-5-11-22)20-17-23-12-6-2-7-13-23/h1-15H,27H3. The van der Waals surface area contributed by atoms with E-state index < -0.39 is 0 Å². The molecule has 0 nitrogen and oxygen atoms in total. The van der Waals surface area contributed by atoms with Crippen LogP contribution in [0.1, 0.15) is 16.7 Å². The van der Waals surface area contributed by atoms with E-state index in [0.29, 0.717) is 0 Å². The van der Waals surface area contributed by atoms with Crippen LogP contribution >= 0.6 is 0 Å². The molecule has 1 heteroatoms. The summed E-state index contributed by atoms with van der Waals surface area (Å²) in [6, 6.07) is 29.9. The van der Waals surface area contributed by atoms with Gasteiger partial charge in [0.2, 0.25) is 0 Å². The highest BCUT2D eigenvalue weighted by Crippen LogP contribution is 2.03. The molecule has 0 saturated heterocycles. The monoisotopic (exact) mass is 358 g/mol. The number of allylic oxidation sites excluding steroid dienone is 2. The summed E-state index contributed by atoms with van der Waals surface area (Å²) in [5.74, 6) is 19.3. The highest BCUT2D eigenvalue weighted by Gasteiger charge is 1.94. The van der Waals surface area contributed by atoms with Crippen molar-refractivity contribution in [3.8, 4) is 35.5 Å². The SMILES string of the molecule is [SiH3]C(C#Cc1ccccc1)=C(C#Cc1ccccc1)C#Cc1ccccc1. The molecule has 0 aliphatic heterocycles. The van der Waals surface area contributed by atoms with Gasteiger partial charge in [-0.25, -0.2) is 0 Å². The molecule has 0 radical (unpaired) electrons. The van der Waals surface area contributed by atoms with E-state index in [-0.39, 0.29) is 0 Å². The third-order valence-electron chi connectivity index (χ3n) is 3.75. The van der Waals surface area contributed by atoms with Gasteiger partial charge in [-0.1, -0.05) is 90.1 Å². The van der Waals surface area contributed by atoms with Gasteiger partial charge in [-0.15, -0.1) is 0 Å². The molecule has 0 aliphatic carbocycles. The summed E-state index contributed by atoms with van der Waals surface area (Å²) < 4.78 is 0. The van der Waals surface area contributed by atoms with Crippen molar-refractivity contribution in [1.29, 1.82) is 0 Å². The summed E-state index contributed by atoms with van der Waals surface area (Å²) in [5, 5.41) is 1.01. The van der Waals surface area contributed by atoms with E-state index in [2.05, 4.69) is 35.5 Å². The largest absolute Gasteiger partial charge is 0.0814 e. The molecule has 0 aliphatic rings. The first-order chi connectivity index (χ1) is 13.3. The Hall–Kier alpha value is -3.70. The van der Waals surface area contributed by atoms with Gasteiger partial charge < -0.3 is 0 Å². The second-order valence-electron chi connectivity index (χ2n) is 5.85. The molecular weight excluding hydrogens is 340 g/mol. The molecule has 27 heavy (non-hydrogen) atoms. The maximum atomic E-state index is 3.26. The van der Waals surface area contributed by atoms with E-state index in [0.717, 1.165) is 37.7 Å². The first-order valence-electron chi connectivity index (χ1n) is 8.73. The maximum Gasteiger partial charge on any atom is 0.0814 e. The van der Waals surface area contributed by atoms with E-state index in [1.165, 1.54) is 0 Å². The minimum absolute atomic E-state index is 0.787. The highest BCUT2D eigenvalue weighted by atomic mass is 28.1. The second kappa shape index (κ2) is 9.70. The van der Waals surface area contributed by atoms with Gasteiger partial charge in [0.15, 0.2) is 0 Å². The first-order valence-corrected chi connectivity index (χ1v) is 9.73. The van der Waals surface area contributed by atoms with Crippen molar-refractivity contribution in [3.63, 3.8) is 0 Å². The Morgan fingerprint density at radius 3 is 1.19 bits per heavy atom. The van der Waals surface area contributed by atoms with Gasteiger partial charge in [-0.05, 0) is 36.4 Å². The van der Waals surface area contributed by atoms with Crippen molar-refractivity contribution < 1.29 is 0 Å². The lowest BCUT2D eigenvalue weighted by atomic mass is 10.1. The quantitative estimate of drug-likeness (QED) is 0.424. The smallest absolute Gasteiger partial charge is 0.0698 e. The Balaban J connectivity index is 1.98. The predicted octanol–water partition coefficient (Wildman–Crippen LogP) is 3.76. The topological polar surface area (TPSA) is 0 Å². The van der Waals surface area contributed by atoms with Crippen molar-refractivity contribution >= 4 is 10.2 Å². The molecule has 0 atom stereocenters. The van der Waals surface area contributed by atoms with Crippen LogP contribution in [-0.2, 0) is 0 Å². The van der Waals surface area contributed by atoms with E-state index >= 15 is 0 Å². The van der Waals surface area contributed by atoms with Gasteiger partial charge in [-0.3, -0.25) is 0 Å². The van der Waals surface area contributed by atoms with Crippen LogP contribution in [0, 0.1) is 35.5 Å². The normalized spacial score (nSPS) is 8.89. The van der Waals surface area contributed by atoms with Crippen LogP contribution in [0.2, 0.25) is 0 Å². The Labute approximate surface area is 164 Å². The van der Waals surface area contributed by atoms with Crippen molar-refractivity contribution in [2.45, 2.75) is 0 Å². The first kappa shape index (κ1) is 18.1. The summed E-state index contributed by atoms with van der Waals surface area (Å²) in [6.07, 6.45) is 0. The van der Waals surface area contributed by atoms with Crippen LogP contribution in [0.3, 0.4) is 0 Å². The Morgan fingerprint density at radius 1 is 0.481 bits per heavy atom. The zero-order valence-corrected chi connectivity index (χ0v) is 17.2. The lowest BCUT2D eigenvalue weighted by Crippen LogP contribution is -1.87. The molecule has 0 unspecified atom stereocenters. The molecule has 126 valence electrons. The van der Waals surface area contributed by atoms with Crippen LogP contribution in [0.25, 0.3) is 0 Å². The lowest BCUT2D eigenvalue weighted by Gasteiger charge is -1.94. The predicted molar refractivity (Wildman–Crippen MR) is 117 cm³/mol. The fourth-order valence-electron chi connectivity index (χ4n) is 2.28. The minimum atomic E-state index is 0.787. The van der Waals surface area contributed by atoms with Gasteiger partial charge in [-0.2, -0.15) is 0 Å². The van der Waals surface area contributed by atoms with Crippen molar-refractivity contribution in [1.82, 2.24) is 0 Å². The average Bonchev–Trinajstić information content (AvgIpc) is 2.74. The van der Waals surface area contributed by atoms with Crippen LogP contribution in [0.5, 0.6) is 0 Å². The van der Waals surface area contributed by atoms with Crippen molar-refractivity contribution in [2.75, 3.05) is 0 Å². The molecule has 0 fully saturated rings. The molecule has 0 amide bonds. The summed E-state index contributed by atoms with van der Waals surface area (Å²) >= 11 is 0. The summed E-state index contributed by atoms with van der Waals surface area (Å²) in [4.78, 5) is 0. The summed E-state index contributed by atoms with van der Waals surface area (Å²) in [7, 11) is 0.787. The summed E-state index contributed by atoms with van der Waals surface area (Å²) in [5.41, 5.74) is 3.75. The lowest BCUT2D eigenvalue weighted by molar-refractivity contribution is 1.64. The fraction of sp³-hybridized carbons (Fsp3) is 0. The van der Waals surface area contributed by atoms with Crippen molar-refractivity contribution in [3.05, 3.63) is 118 Å². The van der Waals surface area contributed by atoms with Gasteiger partial charge in [0.05, 0.1) is 15.8 Å². The third kappa shape index (κ3) is 5.95. The number of rotatable bonds is 0. The molecule has 0 spiro atoms. The Bertz CT molecular complexity index is 1050. The van der Waals surface area contributed by atoms with Crippen LogP contribution in [0.4, 0.5) is 0 Å². The molecule has 0 N–H and O–H groups in total. The van der Waals surface area contributed by atoms with E-state index in [4.69, 9.17) is 0 Å². The molecule has 0 bridgehead atoms. The molecule has 3 aromatic carbocycles. The zero-order valence-electron chi connectivity index (χ0n) is 15.2. The number of benzene rings is 3. The molecule has 3 aromatic rings. The average molecular weight is 359 g/mol. The Morgan fingerprint density at radius 2 is 0.815 bits per heavy atom. The molecular formula is C26H18Si. The summed E-state index contributed by atoms with van der Waals surface area (Å²) in [6.45, 7) is 0. The van der Waals surface area contributed by atoms with Gasteiger partial charge in [0.1, 0.15) is 0 Å². The molecule has 0 aromatic heterocycles. The van der Waals surface area contributed by atoms with Gasteiger partial charge in [0.25, 0.3) is 0 Å². The van der Waals surface area contributed by atoms with E-state index in [1.807, 2.05) is 91.0 Å². The third-order valence-corrected chi connectivity index (χ3v) is 4.50. The van der Waals surface area contributed by atoms with Crippen LogP contribution in [0.15, 0.2) is 102 Å². The van der Waals surface area contributed by atoms with Gasteiger partial charge in [0, 0.05) is 21.9 Å². The second-order valence-corrected chi connectivity index (χ2v) is 6.85. The zero-order chi connectivity index (χ0) is 18.7. The van der Waals surface area contributed by atoms with Crippen LogP contribution in [-0.4, -0.2) is 10.2 Å². The fourth-order valence-corrected chi connectivity index (χ4v) is 2.66. The van der Waals surface area contributed by atoms with E-state index in [1.54, 1.807) is 0 Å². The number of hydrogen-bond donors (Lipinski definition) is 0. The maximum absolute atomic E-state index is 3.26. The van der Waals surface area contributed by atoms with E-state index in [9.17, 15) is 0 Å². The molecule has 0 heterocycles. The Kier molecular flexibility index (Phi) is 6.50. The minimum Gasteiger partial charge on any atom is -0.0698 e.